The van der Waals surface area contributed by atoms with Crippen molar-refractivity contribution in [1.29, 1.82) is 0 Å². The minimum absolute atomic E-state index is 0.154. The maximum absolute atomic E-state index is 2.47. The molecule has 1 aliphatic rings. The van der Waals surface area contributed by atoms with Gasteiger partial charge in [-0.05, 0) is 89.8 Å². The molecule has 1 aliphatic carbocycles. The molecule has 0 saturated heterocycles. The lowest BCUT2D eigenvalue weighted by atomic mass is 9.83. The van der Waals surface area contributed by atoms with Crippen molar-refractivity contribution in [3.05, 3.63) is 101 Å². The van der Waals surface area contributed by atoms with Gasteiger partial charge in [-0.15, -0.1) is 0 Å². The molecule has 5 aromatic rings. The van der Waals surface area contributed by atoms with Crippen LogP contribution >= 0.6 is 0 Å². The standard InChI is InChI=1S/C32H31N/c1-20-6-13-25-22(18-20)8-15-27-26(25)16-17-29-31(27)28-14-7-21(2)19-30(28)33(29)24-11-9-23(10-12-24)32(3,4)5/h6-7,9-14,16-19H,8,15H2,1-5H3. The van der Waals surface area contributed by atoms with Crippen LogP contribution in [0.2, 0.25) is 0 Å². The topological polar surface area (TPSA) is 4.93 Å². The lowest BCUT2D eigenvalue weighted by Crippen LogP contribution is -2.10. The van der Waals surface area contributed by atoms with Crippen molar-refractivity contribution in [2.75, 3.05) is 0 Å². The maximum Gasteiger partial charge on any atom is 0.0544 e. The van der Waals surface area contributed by atoms with E-state index in [1.165, 1.54) is 66.4 Å². The monoisotopic (exact) mass is 429 g/mol. The minimum Gasteiger partial charge on any atom is -0.309 e. The molecule has 4 aromatic carbocycles. The van der Waals surface area contributed by atoms with E-state index in [1.807, 2.05) is 0 Å². The third-order valence-electron chi connectivity index (χ3n) is 7.38. The van der Waals surface area contributed by atoms with E-state index in [1.54, 1.807) is 0 Å². The lowest BCUT2D eigenvalue weighted by molar-refractivity contribution is 0.590. The molecule has 0 N–H and O–H groups in total. The van der Waals surface area contributed by atoms with Crippen molar-refractivity contribution in [2.45, 2.75) is 52.9 Å². The van der Waals surface area contributed by atoms with Crippen molar-refractivity contribution in [2.24, 2.45) is 0 Å². The number of benzene rings is 4. The molecule has 1 nitrogen and oxygen atoms in total. The number of hydrogen-bond acceptors (Lipinski definition) is 0. The van der Waals surface area contributed by atoms with E-state index in [0.29, 0.717) is 0 Å². The van der Waals surface area contributed by atoms with E-state index in [-0.39, 0.29) is 5.41 Å². The molecule has 0 unspecified atom stereocenters. The molecule has 6 rings (SSSR count). The Hall–Kier alpha value is -3.32. The van der Waals surface area contributed by atoms with Crippen LogP contribution in [0.1, 0.15) is 48.6 Å². The summed E-state index contributed by atoms with van der Waals surface area (Å²) in [7, 11) is 0. The van der Waals surface area contributed by atoms with E-state index in [9.17, 15) is 0 Å². The first-order valence-corrected chi connectivity index (χ1v) is 12.1. The fraction of sp³-hybridized carbons (Fsp3) is 0.250. The van der Waals surface area contributed by atoms with Gasteiger partial charge < -0.3 is 4.57 Å². The van der Waals surface area contributed by atoms with Crippen LogP contribution in [0.25, 0.3) is 38.6 Å². The van der Waals surface area contributed by atoms with Gasteiger partial charge in [0.15, 0.2) is 0 Å². The summed E-state index contributed by atoms with van der Waals surface area (Å²) in [5.74, 6) is 0. The van der Waals surface area contributed by atoms with Gasteiger partial charge >= 0.3 is 0 Å². The van der Waals surface area contributed by atoms with Crippen LogP contribution in [0.4, 0.5) is 0 Å². The third kappa shape index (κ3) is 3.14. The number of nitrogens with zero attached hydrogens (tertiary/aromatic N) is 1. The summed E-state index contributed by atoms with van der Waals surface area (Å²) in [6.07, 6.45) is 2.21. The van der Waals surface area contributed by atoms with E-state index in [4.69, 9.17) is 0 Å². The lowest BCUT2D eigenvalue weighted by Gasteiger charge is -2.22. The first-order valence-electron chi connectivity index (χ1n) is 12.1. The summed E-state index contributed by atoms with van der Waals surface area (Å²) < 4.78 is 2.47. The Labute approximate surface area is 196 Å². The fourth-order valence-corrected chi connectivity index (χ4v) is 5.64. The van der Waals surface area contributed by atoms with Gasteiger partial charge in [-0.3, -0.25) is 0 Å². The first-order chi connectivity index (χ1) is 15.8. The molecule has 0 atom stereocenters. The van der Waals surface area contributed by atoms with E-state index in [0.717, 1.165) is 12.8 Å². The molecule has 1 heterocycles. The van der Waals surface area contributed by atoms with E-state index >= 15 is 0 Å². The minimum atomic E-state index is 0.154. The second-order valence-corrected chi connectivity index (χ2v) is 10.8. The van der Waals surface area contributed by atoms with Crippen molar-refractivity contribution in [1.82, 2.24) is 4.57 Å². The predicted octanol–water partition coefficient (Wildman–Crippen LogP) is 8.46. The number of aromatic nitrogens is 1. The molecule has 0 amide bonds. The molecule has 0 radical (unpaired) electrons. The van der Waals surface area contributed by atoms with Gasteiger partial charge in [-0.25, -0.2) is 0 Å². The number of hydrogen-bond donors (Lipinski definition) is 0. The molecule has 1 heteroatoms. The molecule has 0 spiro atoms. The summed E-state index contributed by atoms with van der Waals surface area (Å²) in [4.78, 5) is 0. The van der Waals surface area contributed by atoms with Gasteiger partial charge in [0, 0.05) is 16.5 Å². The molecule has 0 saturated carbocycles. The number of fused-ring (bicyclic) bond motifs is 7. The molecule has 0 bridgehead atoms. The highest BCUT2D eigenvalue weighted by atomic mass is 15.0. The summed E-state index contributed by atoms with van der Waals surface area (Å²) in [6, 6.07) is 27.7. The Kier molecular flexibility index (Phi) is 4.36. The Morgan fingerprint density at radius 1 is 0.667 bits per heavy atom. The zero-order chi connectivity index (χ0) is 22.9. The average molecular weight is 430 g/mol. The highest BCUT2D eigenvalue weighted by Crippen LogP contribution is 2.42. The van der Waals surface area contributed by atoms with Crippen LogP contribution in [0.5, 0.6) is 0 Å². The summed E-state index contributed by atoms with van der Waals surface area (Å²) in [6.45, 7) is 11.2. The third-order valence-corrected chi connectivity index (χ3v) is 7.38. The van der Waals surface area contributed by atoms with E-state index < -0.39 is 0 Å². The van der Waals surface area contributed by atoms with Gasteiger partial charge in [0.05, 0.1) is 11.0 Å². The van der Waals surface area contributed by atoms with Crippen molar-refractivity contribution >= 4 is 21.8 Å². The van der Waals surface area contributed by atoms with Crippen LogP contribution in [0, 0.1) is 13.8 Å². The highest BCUT2D eigenvalue weighted by molar-refractivity contribution is 6.13. The molecule has 0 aliphatic heterocycles. The Morgan fingerprint density at radius 2 is 1.36 bits per heavy atom. The van der Waals surface area contributed by atoms with Gasteiger partial charge in [0.25, 0.3) is 0 Å². The van der Waals surface area contributed by atoms with Crippen molar-refractivity contribution in [3.8, 4) is 16.8 Å². The van der Waals surface area contributed by atoms with Crippen LogP contribution in [0.15, 0.2) is 72.8 Å². The van der Waals surface area contributed by atoms with Crippen LogP contribution in [-0.4, -0.2) is 4.57 Å². The Morgan fingerprint density at radius 3 is 2.12 bits per heavy atom. The predicted molar refractivity (Wildman–Crippen MR) is 142 cm³/mol. The molecular weight excluding hydrogens is 398 g/mol. The quantitative estimate of drug-likeness (QED) is 0.252. The first kappa shape index (κ1) is 20.3. The normalized spacial score (nSPS) is 13.4. The van der Waals surface area contributed by atoms with Crippen molar-refractivity contribution < 1.29 is 0 Å². The van der Waals surface area contributed by atoms with Gasteiger partial charge in [0.1, 0.15) is 0 Å². The summed E-state index contributed by atoms with van der Waals surface area (Å²) in [5, 5.41) is 2.79. The van der Waals surface area contributed by atoms with Gasteiger partial charge in [-0.1, -0.05) is 74.9 Å². The molecule has 0 fully saturated rings. The zero-order valence-corrected chi connectivity index (χ0v) is 20.3. The summed E-state index contributed by atoms with van der Waals surface area (Å²) in [5.41, 5.74) is 13.8. The smallest absolute Gasteiger partial charge is 0.0544 e. The molecule has 1 aromatic heterocycles. The van der Waals surface area contributed by atoms with E-state index in [2.05, 4.69) is 112 Å². The Balaban J connectivity index is 1.66. The van der Waals surface area contributed by atoms with Crippen LogP contribution < -0.4 is 0 Å². The maximum atomic E-state index is 2.47. The number of aryl methyl sites for hydroxylation is 4. The molecular formula is C32H31N. The average Bonchev–Trinajstić information content (AvgIpc) is 3.11. The number of rotatable bonds is 1. The zero-order valence-electron chi connectivity index (χ0n) is 20.3. The SMILES string of the molecule is Cc1ccc2c(c1)CCc1c-2ccc2c1c1ccc(C)cc1n2-c1ccc(C(C)(C)C)cc1. The van der Waals surface area contributed by atoms with Crippen LogP contribution in [-0.2, 0) is 18.3 Å². The molecule has 33 heavy (non-hydrogen) atoms. The van der Waals surface area contributed by atoms with Gasteiger partial charge in [0.2, 0.25) is 0 Å². The fourth-order valence-electron chi connectivity index (χ4n) is 5.64. The van der Waals surface area contributed by atoms with Gasteiger partial charge in [-0.2, -0.15) is 0 Å². The molecule has 164 valence electrons. The highest BCUT2D eigenvalue weighted by Gasteiger charge is 2.23. The van der Waals surface area contributed by atoms with Crippen molar-refractivity contribution in [3.63, 3.8) is 0 Å². The largest absolute Gasteiger partial charge is 0.309 e. The van der Waals surface area contributed by atoms with Crippen LogP contribution in [0.3, 0.4) is 0 Å². The summed E-state index contributed by atoms with van der Waals surface area (Å²) >= 11 is 0. The second kappa shape index (κ2) is 7.09. The second-order valence-electron chi connectivity index (χ2n) is 10.8. The Bertz CT molecular complexity index is 1540.